The molecule has 3 N–H and O–H groups in total. The predicted octanol–water partition coefficient (Wildman–Crippen LogP) is 1.45. The zero-order valence-electron chi connectivity index (χ0n) is 13.4. The number of anilines is 1. The molecule has 0 atom stereocenters. The third-order valence-corrected chi connectivity index (χ3v) is 3.20. The minimum Gasteiger partial charge on any atom is -0.369 e. The van der Waals surface area contributed by atoms with E-state index in [0.29, 0.717) is 18.9 Å². The summed E-state index contributed by atoms with van der Waals surface area (Å²) in [4.78, 5) is 16.3. The number of nitrogens with one attached hydrogen (secondary N) is 1. The van der Waals surface area contributed by atoms with E-state index in [1.54, 1.807) is 0 Å². The van der Waals surface area contributed by atoms with E-state index in [1.165, 1.54) is 0 Å². The van der Waals surface area contributed by atoms with E-state index < -0.39 is 0 Å². The smallest absolute Gasteiger partial charge is 0.222 e. The zero-order valence-corrected chi connectivity index (χ0v) is 13.4. The van der Waals surface area contributed by atoms with Gasteiger partial charge >= 0.3 is 0 Å². The quantitative estimate of drug-likeness (QED) is 0.892. The summed E-state index contributed by atoms with van der Waals surface area (Å²) in [5.41, 5.74) is 8.31. The molecule has 0 bridgehead atoms. The standard InChI is InChI=1S/C14H24N6O/c1-6-20-12-11(9(2)18-20)16-13(15)19(12)8-7-10(21)17-14(3,4)5/h6-8H2,1-5H3,(H2,15,16)(H,17,21). The molecule has 2 aromatic rings. The molecule has 0 radical (unpaired) electrons. The summed E-state index contributed by atoms with van der Waals surface area (Å²) < 4.78 is 3.73. The molecule has 2 rings (SSSR count). The first-order chi connectivity index (χ1) is 9.73. The third-order valence-electron chi connectivity index (χ3n) is 3.20. The number of carbonyl (C=O) groups excluding carboxylic acids is 1. The number of aryl methyl sites for hydroxylation is 3. The normalized spacial score (nSPS) is 12.0. The van der Waals surface area contributed by atoms with Crippen LogP contribution in [0.5, 0.6) is 0 Å². The van der Waals surface area contributed by atoms with Gasteiger partial charge in [-0.3, -0.25) is 9.36 Å². The molecule has 0 aliphatic rings. The van der Waals surface area contributed by atoms with Crippen molar-refractivity contribution in [3.63, 3.8) is 0 Å². The fourth-order valence-corrected chi connectivity index (χ4v) is 2.38. The van der Waals surface area contributed by atoms with Crippen LogP contribution in [0.2, 0.25) is 0 Å². The monoisotopic (exact) mass is 292 g/mol. The van der Waals surface area contributed by atoms with Gasteiger partial charge in [-0.15, -0.1) is 0 Å². The van der Waals surface area contributed by atoms with Crippen LogP contribution in [0.4, 0.5) is 5.95 Å². The number of amides is 1. The van der Waals surface area contributed by atoms with E-state index in [2.05, 4.69) is 15.4 Å². The van der Waals surface area contributed by atoms with Gasteiger partial charge in [-0.05, 0) is 34.6 Å². The van der Waals surface area contributed by atoms with Gasteiger partial charge in [-0.25, -0.2) is 9.67 Å². The Balaban J connectivity index is 2.22. The number of aromatic nitrogens is 4. The molecule has 2 heterocycles. The highest BCUT2D eigenvalue weighted by Crippen LogP contribution is 2.21. The molecular weight excluding hydrogens is 268 g/mol. The van der Waals surface area contributed by atoms with Crippen molar-refractivity contribution in [2.24, 2.45) is 0 Å². The first-order valence-electron chi connectivity index (χ1n) is 7.23. The highest BCUT2D eigenvalue weighted by molar-refractivity contribution is 5.79. The minimum atomic E-state index is -0.228. The lowest BCUT2D eigenvalue weighted by Gasteiger charge is -2.20. The molecule has 21 heavy (non-hydrogen) atoms. The Kier molecular flexibility index (Phi) is 3.93. The van der Waals surface area contributed by atoms with E-state index in [4.69, 9.17) is 5.73 Å². The van der Waals surface area contributed by atoms with Crippen LogP contribution < -0.4 is 11.1 Å². The summed E-state index contributed by atoms with van der Waals surface area (Å²) in [5.74, 6) is 0.430. The number of carbonyl (C=O) groups is 1. The largest absolute Gasteiger partial charge is 0.369 e. The molecule has 0 aliphatic heterocycles. The Morgan fingerprint density at radius 2 is 2.05 bits per heavy atom. The average Bonchev–Trinajstić information content (AvgIpc) is 2.82. The molecular formula is C14H24N6O. The highest BCUT2D eigenvalue weighted by atomic mass is 16.1. The predicted molar refractivity (Wildman–Crippen MR) is 82.9 cm³/mol. The Morgan fingerprint density at radius 3 is 2.62 bits per heavy atom. The first kappa shape index (κ1) is 15.3. The molecule has 0 spiro atoms. The summed E-state index contributed by atoms with van der Waals surface area (Å²) in [6, 6.07) is 0. The van der Waals surface area contributed by atoms with Crippen LogP contribution in [0.3, 0.4) is 0 Å². The Morgan fingerprint density at radius 1 is 1.38 bits per heavy atom. The highest BCUT2D eigenvalue weighted by Gasteiger charge is 2.18. The van der Waals surface area contributed by atoms with Crippen LogP contribution >= 0.6 is 0 Å². The lowest BCUT2D eigenvalue weighted by molar-refractivity contribution is -0.122. The number of nitrogens with two attached hydrogens (primary N) is 1. The molecule has 0 aromatic carbocycles. The average molecular weight is 292 g/mol. The summed E-state index contributed by atoms with van der Waals surface area (Å²) in [7, 11) is 0. The van der Waals surface area contributed by atoms with Crippen LogP contribution in [0.15, 0.2) is 0 Å². The number of fused-ring (bicyclic) bond motifs is 1. The van der Waals surface area contributed by atoms with Gasteiger partial charge in [0.15, 0.2) is 5.65 Å². The second-order valence-electron chi connectivity index (χ2n) is 6.24. The third kappa shape index (κ3) is 3.17. The fourth-order valence-electron chi connectivity index (χ4n) is 2.38. The topological polar surface area (TPSA) is 90.8 Å². The molecule has 7 heteroatoms. The first-order valence-corrected chi connectivity index (χ1v) is 7.23. The number of hydrogen-bond acceptors (Lipinski definition) is 4. The van der Waals surface area contributed by atoms with Crippen molar-refractivity contribution < 1.29 is 4.79 Å². The van der Waals surface area contributed by atoms with Crippen molar-refractivity contribution in [1.82, 2.24) is 24.6 Å². The van der Waals surface area contributed by atoms with Gasteiger partial charge in [0, 0.05) is 25.0 Å². The molecule has 1 amide bonds. The van der Waals surface area contributed by atoms with E-state index in [-0.39, 0.29) is 11.4 Å². The summed E-state index contributed by atoms with van der Waals surface area (Å²) >= 11 is 0. The van der Waals surface area contributed by atoms with Crippen LogP contribution in [-0.4, -0.2) is 30.8 Å². The number of hydrogen-bond donors (Lipinski definition) is 2. The number of imidazole rings is 1. The maximum atomic E-state index is 12.0. The summed E-state index contributed by atoms with van der Waals surface area (Å²) in [5, 5.41) is 7.38. The molecule has 0 fully saturated rings. The van der Waals surface area contributed by atoms with Gasteiger partial charge in [-0.1, -0.05) is 0 Å². The molecule has 0 aliphatic carbocycles. The van der Waals surface area contributed by atoms with Crippen LogP contribution in [0.25, 0.3) is 11.2 Å². The van der Waals surface area contributed by atoms with Gasteiger partial charge in [0.25, 0.3) is 0 Å². The van der Waals surface area contributed by atoms with E-state index in [0.717, 1.165) is 23.4 Å². The lowest BCUT2D eigenvalue weighted by atomic mass is 10.1. The molecule has 2 aromatic heterocycles. The van der Waals surface area contributed by atoms with E-state index >= 15 is 0 Å². The number of nitrogens with zero attached hydrogens (tertiary/aromatic N) is 4. The molecule has 0 unspecified atom stereocenters. The van der Waals surface area contributed by atoms with Crippen molar-refractivity contribution in [1.29, 1.82) is 0 Å². The van der Waals surface area contributed by atoms with Gasteiger partial charge < -0.3 is 11.1 Å². The van der Waals surface area contributed by atoms with Crippen molar-refractivity contribution in [3.05, 3.63) is 5.69 Å². The lowest BCUT2D eigenvalue weighted by Crippen LogP contribution is -2.40. The van der Waals surface area contributed by atoms with Gasteiger partial charge in [0.05, 0.1) is 5.69 Å². The minimum absolute atomic E-state index is 0.00281. The molecule has 116 valence electrons. The summed E-state index contributed by atoms with van der Waals surface area (Å²) in [6.45, 7) is 11.1. The maximum Gasteiger partial charge on any atom is 0.222 e. The molecule has 0 saturated heterocycles. The van der Waals surface area contributed by atoms with Gasteiger partial charge in [0.1, 0.15) is 5.52 Å². The van der Waals surface area contributed by atoms with Crippen molar-refractivity contribution in [2.45, 2.75) is 59.7 Å². The van der Waals surface area contributed by atoms with E-state index in [9.17, 15) is 4.79 Å². The fraction of sp³-hybridized carbons (Fsp3) is 0.643. The molecule has 0 saturated carbocycles. The van der Waals surface area contributed by atoms with Crippen LogP contribution in [0.1, 0.15) is 39.8 Å². The van der Waals surface area contributed by atoms with E-state index in [1.807, 2.05) is 43.9 Å². The van der Waals surface area contributed by atoms with Crippen molar-refractivity contribution in [2.75, 3.05) is 5.73 Å². The molecule has 7 nitrogen and oxygen atoms in total. The van der Waals surface area contributed by atoms with Crippen LogP contribution in [-0.2, 0) is 17.9 Å². The Labute approximate surface area is 124 Å². The number of nitrogen functional groups attached to an aromatic ring is 1. The maximum absolute atomic E-state index is 12.0. The SMILES string of the molecule is CCn1nc(C)c2nc(N)n(CCC(=O)NC(C)(C)C)c21. The zero-order chi connectivity index (χ0) is 15.8. The summed E-state index contributed by atoms with van der Waals surface area (Å²) in [6.07, 6.45) is 0.362. The second kappa shape index (κ2) is 5.38. The van der Waals surface area contributed by atoms with Crippen LogP contribution in [0, 0.1) is 6.92 Å². The van der Waals surface area contributed by atoms with Gasteiger partial charge in [-0.2, -0.15) is 5.10 Å². The Bertz CT molecular complexity index is 661. The number of rotatable bonds is 4. The van der Waals surface area contributed by atoms with Gasteiger partial charge in [0.2, 0.25) is 11.9 Å². The Hall–Kier alpha value is -2.05. The van der Waals surface area contributed by atoms with Crippen molar-refractivity contribution >= 4 is 23.0 Å². The van der Waals surface area contributed by atoms with Crippen molar-refractivity contribution in [3.8, 4) is 0 Å². The second-order valence-corrected chi connectivity index (χ2v) is 6.24.